The predicted octanol–water partition coefficient (Wildman–Crippen LogP) is 3.57. The van der Waals surface area contributed by atoms with Crippen molar-refractivity contribution >= 4 is 44.8 Å². The molecular weight excluding hydrogens is 383 g/mol. The average Bonchev–Trinajstić information content (AvgIpc) is 2.84. The number of nitrogens with one attached hydrogen (secondary N) is 2. The zero-order chi connectivity index (χ0) is 18.2. The molecule has 1 atom stereocenters. The van der Waals surface area contributed by atoms with Crippen LogP contribution in [-0.4, -0.2) is 20.9 Å². The number of hydrogen-bond acceptors (Lipinski definition) is 3. The van der Waals surface area contributed by atoms with Crippen molar-refractivity contribution in [3.8, 4) is 0 Å². The zero-order valence-electron chi connectivity index (χ0n) is 13.3. The first kappa shape index (κ1) is 18.2. The first-order valence-corrected chi connectivity index (χ1v) is 9.90. The van der Waals surface area contributed by atoms with Crippen molar-refractivity contribution in [3.05, 3.63) is 57.6 Å². The molecule has 1 aliphatic heterocycles. The van der Waals surface area contributed by atoms with E-state index in [0.717, 1.165) is 5.56 Å². The number of amides is 1. The Bertz CT molecular complexity index is 945. The van der Waals surface area contributed by atoms with E-state index >= 15 is 0 Å². The highest BCUT2D eigenvalue weighted by molar-refractivity contribution is 7.89. The van der Waals surface area contributed by atoms with E-state index in [1.165, 1.54) is 12.1 Å². The van der Waals surface area contributed by atoms with Gasteiger partial charge in [-0.1, -0.05) is 29.3 Å². The van der Waals surface area contributed by atoms with E-state index in [1.54, 1.807) is 31.2 Å². The molecule has 1 aliphatic rings. The molecule has 2 aromatic rings. The molecule has 0 unspecified atom stereocenters. The smallest absolute Gasteiger partial charge is 0.240 e. The van der Waals surface area contributed by atoms with E-state index in [-0.39, 0.29) is 23.3 Å². The van der Waals surface area contributed by atoms with Gasteiger partial charge in [-0.2, -0.15) is 0 Å². The molecule has 132 valence electrons. The molecule has 8 heteroatoms. The topological polar surface area (TPSA) is 75.3 Å². The van der Waals surface area contributed by atoms with Crippen LogP contribution in [0, 0.1) is 0 Å². The van der Waals surface area contributed by atoms with Gasteiger partial charge in [-0.3, -0.25) is 4.79 Å². The summed E-state index contributed by atoms with van der Waals surface area (Å²) in [7, 11) is -3.67. The Kier molecular flexibility index (Phi) is 5.06. The molecule has 1 amide bonds. The van der Waals surface area contributed by atoms with Crippen LogP contribution in [0.2, 0.25) is 10.0 Å². The van der Waals surface area contributed by atoms with Crippen LogP contribution < -0.4 is 10.0 Å². The van der Waals surface area contributed by atoms with E-state index in [0.29, 0.717) is 27.7 Å². The van der Waals surface area contributed by atoms with E-state index in [1.807, 2.05) is 0 Å². The Labute approximate surface area is 156 Å². The third-order valence-corrected chi connectivity index (χ3v) is 6.20. The van der Waals surface area contributed by atoms with Gasteiger partial charge in [0, 0.05) is 22.3 Å². The summed E-state index contributed by atoms with van der Waals surface area (Å²) in [6.07, 6.45) is 0.441. The summed E-state index contributed by atoms with van der Waals surface area (Å²) in [6.45, 7) is 1.95. The van der Waals surface area contributed by atoms with Gasteiger partial charge in [-0.15, -0.1) is 0 Å². The van der Waals surface area contributed by atoms with Crippen LogP contribution in [0.3, 0.4) is 0 Å². The maximum atomic E-state index is 12.5. The normalized spacial score (nSPS) is 16.6. The van der Waals surface area contributed by atoms with Crippen molar-refractivity contribution in [2.45, 2.75) is 24.2 Å². The molecule has 0 aliphatic carbocycles. The van der Waals surface area contributed by atoms with Gasteiger partial charge in [-0.25, -0.2) is 13.1 Å². The van der Waals surface area contributed by atoms with Gasteiger partial charge >= 0.3 is 0 Å². The van der Waals surface area contributed by atoms with Crippen molar-refractivity contribution in [3.63, 3.8) is 0 Å². The largest absolute Gasteiger partial charge is 0.325 e. The number of carbonyl (C=O) groups excluding carboxylic acids is 1. The van der Waals surface area contributed by atoms with Gasteiger partial charge in [0.1, 0.15) is 0 Å². The lowest BCUT2D eigenvalue weighted by molar-refractivity contribution is -0.116. The van der Waals surface area contributed by atoms with Crippen LogP contribution >= 0.6 is 23.2 Å². The fraction of sp³-hybridized carbons (Fsp3) is 0.235. The lowest BCUT2D eigenvalue weighted by Crippen LogP contribution is -2.26. The Balaban J connectivity index is 1.71. The minimum Gasteiger partial charge on any atom is -0.325 e. The number of fused-ring (bicyclic) bond motifs is 1. The number of halogens is 2. The van der Waals surface area contributed by atoms with Gasteiger partial charge in [0.25, 0.3) is 0 Å². The van der Waals surface area contributed by atoms with Gasteiger partial charge < -0.3 is 5.32 Å². The highest BCUT2D eigenvalue weighted by atomic mass is 35.5. The van der Waals surface area contributed by atoms with Crippen molar-refractivity contribution < 1.29 is 13.2 Å². The standard InChI is InChI=1S/C17H16Cl2N2O3S/c1-10-14-9-13(4-5-16(14)21-17(10)22)25(23,24)20-7-6-11-2-3-12(18)8-15(11)19/h2-5,8-10,20H,6-7H2,1H3,(H,21,22)/t10-/m1/s1. The molecular formula is C17H16Cl2N2O3S. The highest BCUT2D eigenvalue weighted by Gasteiger charge is 2.28. The molecule has 0 saturated heterocycles. The van der Waals surface area contributed by atoms with E-state index in [2.05, 4.69) is 10.0 Å². The third kappa shape index (κ3) is 3.82. The molecule has 1 heterocycles. The minimum atomic E-state index is -3.67. The quantitative estimate of drug-likeness (QED) is 0.807. The fourth-order valence-corrected chi connectivity index (χ4v) is 4.26. The first-order chi connectivity index (χ1) is 11.8. The van der Waals surface area contributed by atoms with E-state index in [4.69, 9.17) is 23.2 Å². The molecule has 0 radical (unpaired) electrons. The van der Waals surface area contributed by atoms with E-state index < -0.39 is 10.0 Å². The zero-order valence-corrected chi connectivity index (χ0v) is 15.7. The molecule has 3 rings (SSSR count). The van der Waals surface area contributed by atoms with Crippen molar-refractivity contribution in [1.29, 1.82) is 0 Å². The molecule has 0 saturated carbocycles. The monoisotopic (exact) mass is 398 g/mol. The molecule has 0 aromatic heterocycles. The summed E-state index contributed by atoms with van der Waals surface area (Å²) in [5.41, 5.74) is 2.16. The van der Waals surface area contributed by atoms with Crippen LogP contribution in [0.4, 0.5) is 5.69 Å². The van der Waals surface area contributed by atoms with Crippen LogP contribution in [0.25, 0.3) is 0 Å². The third-order valence-electron chi connectivity index (χ3n) is 4.15. The molecule has 0 fully saturated rings. The number of hydrogen-bond donors (Lipinski definition) is 2. The predicted molar refractivity (Wildman–Crippen MR) is 98.8 cm³/mol. The summed E-state index contributed by atoms with van der Waals surface area (Å²) in [4.78, 5) is 11.8. The number of carbonyl (C=O) groups is 1. The summed E-state index contributed by atoms with van der Waals surface area (Å²) in [5, 5.41) is 3.76. The second kappa shape index (κ2) is 6.96. The van der Waals surface area contributed by atoms with Gasteiger partial charge in [0.2, 0.25) is 15.9 Å². The lowest BCUT2D eigenvalue weighted by atomic mass is 10.0. The Hall–Kier alpha value is -1.60. The fourth-order valence-electron chi connectivity index (χ4n) is 2.69. The van der Waals surface area contributed by atoms with Crippen molar-refractivity contribution in [2.24, 2.45) is 0 Å². The van der Waals surface area contributed by atoms with Gasteiger partial charge in [0.15, 0.2) is 0 Å². The number of sulfonamides is 1. The van der Waals surface area contributed by atoms with Gasteiger partial charge in [0.05, 0.1) is 10.8 Å². The Morgan fingerprint density at radius 2 is 1.92 bits per heavy atom. The lowest BCUT2D eigenvalue weighted by Gasteiger charge is -2.10. The minimum absolute atomic E-state index is 0.130. The second-order valence-corrected chi connectivity index (χ2v) is 8.45. The molecule has 0 spiro atoms. The molecule has 2 N–H and O–H groups in total. The molecule has 2 aromatic carbocycles. The Morgan fingerprint density at radius 3 is 2.64 bits per heavy atom. The molecule has 0 bridgehead atoms. The number of anilines is 1. The summed E-state index contributed by atoms with van der Waals surface area (Å²) >= 11 is 11.9. The summed E-state index contributed by atoms with van der Waals surface area (Å²) in [6, 6.07) is 9.74. The number of benzene rings is 2. The van der Waals surface area contributed by atoms with Crippen molar-refractivity contribution in [2.75, 3.05) is 11.9 Å². The Morgan fingerprint density at radius 1 is 1.16 bits per heavy atom. The second-order valence-electron chi connectivity index (χ2n) is 5.84. The van der Waals surface area contributed by atoms with E-state index in [9.17, 15) is 13.2 Å². The summed E-state index contributed by atoms with van der Waals surface area (Å²) < 4.78 is 27.5. The summed E-state index contributed by atoms with van der Waals surface area (Å²) in [5.74, 6) is -0.493. The van der Waals surface area contributed by atoms with Crippen LogP contribution in [0.1, 0.15) is 24.0 Å². The maximum Gasteiger partial charge on any atom is 0.240 e. The van der Waals surface area contributed by atoms with Crippen molar-refractivity contribution in [1.82, 2.24) is 4.72 Å². The molecule has 25 heavy (non-hydrogen) atoms. The van der Waals surface area contributed by atoms with Gasteiger partial charge in [-0.05, 0) is 54.8 Å². The maximum absolute atomic E-state index is 12.5. The SMILES string of the molecule is C[C@H]1C(=O)Nc2ccc(S(=O)(=O)NCCc3ccc(Cl)cc3Cl)cc21. The first-order valence-electron chi connectivity index (χ1n) is 7.66. The molecule has 5 nitrogen and oxygen atoms in total. The average molecular weight is 399 g/mol. The van der Waals surface area contributed by atoms with Crippen LogP contribution in [-0.2, 0) is 21.2 Å². The highest BCUT2D eigenvalue weighted by Crippen LogP contribution is 2.33. The van der Waals surface area contributed by atoms with Crippen LogP contribution in [0.5, 0.6) is 0 Å². The van der Waals surface area contributed by atoms with Crippen LogP contribution in [0.15, 0.2) is 41.3 Å². The number of rotatable bonds is 5.